The SMILES string of the molecule is COc1ccc(OCC(=O)N2CCc3cc(Br)ccc32)cc1. The second kappa shape index (κ2) is 6.40. The fraction of sp³-hybridized carbons (Fsp3) is 0.235. The Kier molecular flexibility index (Phi) is 4.34. The van der Waals surface area contributed by atoms with Crippen molar-refractivity contribution >= 4 is 27.5 Å². The highest BCUT2D eigenvalue weighted by molar-refractivity contribution is 9.10. The molecule has 4 nitrogen and oxygen atoms in total. The molecule has 22 heavy (non-hydrogen) atoms. The fourth-order valence-electron chi connectivity index (χ4n) is 2.52. The van der Waals surface area contributed by atoms with E-state index in [9.17, 15) is 4.79 Å². The molecule has 2 aromatic carbocycles. The van der Waals surface area contributed by atoms with E-state index in [-0.39, 0.29) is 12.5 Å². The highest BCUT2D eigenvalue weighted by atomic mass is 79.9. The third-order valence-electron chi connectivity index (χ3n) is 3.66. The lowest BCUT2D eigenvalue weighted by Gasteiger charge is -2.17. The fourth-order valence-corrected chi connectivity index (χ4v) is 2.93. The third kappa shape index (κ3) is 3.09. The summed E-state index contributed by atoms with van der Waals surface area (Å²) in [5, 5.41) is 0. The Morgan fingerprint density at radius 2 is 1.91 bits per heavy atom. The summed E-state index contributed by atoms with van der Waals surface area (Å²) < 4.78 is 11.7. The van der Waals surface area contributed by atoms with E-state index in [0.717, 1.165) is 22.3 Å². The average molecular weight is 362 g/mol. The number of anilines is 1. The summed E-state index contributed by atoms with van der Waals surface area (Å²) in [7, 11) is 1.61. The van der Waals surface area contributed by atoms with Crippen LogP contribution in [0.25, 0.3) is 0 Å². The Balaban J connectivity index is 1.63. The van der Waals surface area contributed by atoms with Gasteiger partial charge in [0.05, 0.1) is 7.11 Å². The van der Waals surface area contributed by atoms with Crippen LogP contribution >= 0.6 is 15.9 Å². The standard InChI is InChI=1S/C17H16BrNO3/c1-21-14-3-5-15(6-4-14)22-11-17(20)19-9-8-12-10-13(18)2-7-16(12)19/h2-7,10H,8-9,11H2,1H3. The van der Waals surface area contributed by atoms with Crippen molar-refractivity contribution < 1.29 is 14.3 Å². The lowest BCUT2D eigenvalue weighted by atomic mass is 10.2. The number of methoxy groups -OCH3 is 1. The molecular formula is C17H16BrNO3. The van der Waals surface area contributed by atoms with Crippen molar-refractivity contribution in [3.05, 3.63) is 52.5 Å². The maximum Gasteiger partial charge on any atom is 0.264 e. The normalized spacial score (nSPS) is 12.9. The smallest absolute Gasteiger partial charge is 0.264 e. The van der Waals surface area contributed by atoms with Crippen LogP contribution in [0.2, 0.25) is 0 Å². The topological polar surface area (TPSA) is 38.8 Å². The molecule has 0 saturated heterocycles. The molecule has 0 aromatic heterocycles. The van der Waals surface area contributed by atoms with Gasteiger partial charge in [0.1, 0.15) is 11.5 Å². The Bertz CT molecular complexity index is 685. The van der Waals surface area contributed by atoms with Gasteiger partial charge < -0.3 is 14.4 Å². The number of fused-ring (bicyclic) bond motifs is 1. The summed E-state index contributed by atoms with van der Waals surface area (Å²) in [4.78, 5) is 14.1. The van der Waals surface area contributed by atoms with Crippen molar-refractivity contribution in [2.24, 2.45) is 0 Å². The highest BCUT2D eigenvalue weighted by Crippen LogP contribution is 2.30. The van der Waals surface area contributed by atoms with Crippen LogP contribution in [0.5, 0.6) is 11.5 Å². The number of benzene rings is 2. The van der Waals surface area contributed by atoms with Gasteiger partial charge in [-0.15, -0.1) is 0 Å². The van der Waals surface area contributed by atoms with Crippen molar-refractivity contribution in [2.45, 2.75) is 6.42 Å². The number of halogens is 1. The minimum absolute atomic E-state index is 0.0296. The van der Waals surface area contributed by atoms with Crippen molar-refractivity contribution in [3.8, 4) is 11.5 Å². The van der Waals surface area contributed by atoms with E-state index in [1.807, 2.05) is 24.3 Å². The molecular weight excluding hydrogens is 346 g/mol. The van der Waals surface area contributed by atoms with Crippen LogP contribution in [-0.2, 0) is 11.2 Å². The number of ether oxygens (including phenoxy) is 2. The van der Waals surface area contributed by atoms with Gasteiger partial charge in [0.2, 0.25) is 0 Å². The number of hydrogen-bond donors (Lipinski definition) is 0. The lowest BCUT2D eigenvalue weighted by Crippen LogP contribution is -2.33. The van der Waals surface area contributed by atoms with Gasteiger partial charge in [-0.05, 0) is 54.4 Å². The second-order valence-corrected chi connectivity index (χ2v) is 5.95. The van der Waals surface area contributed by atoms with Gasteiger partial charge in [-0.3, -0.25) is 4.79 Å². The van der Waals surface area contributed by atoms with Gasteiger partial charge in [-0.1, -0.05) is 15.9 Å². The summed E-state index contributed by atoms with van der Waals surface area (Å²) in [5.41, 5.74) is 2.17. The zero-order valence-electron chi connectivity index (χ0n) is 12.2. The first kappa shape index (κ1) is 14.9. The van der Waals surface area contributed by atoms with Gasteiger partial charge in [0.15, 0.2) is 6.61 Å². The Hall–Kier alpha value is -2.01. The minimum atomic E-state index is -0.0307. The molecule has 1 amide bonds. The molecule has 0 aliphatic carbocycles. The van der Waals surface area contributed by atoms with Crippen LogP contribution in [0, 0.1) is 0 Å². The molecule has 114 valence electrons. The van der Waals surface area contributed by atoms with Crippen LogP contribution in [0.1, 0.15) is 5.56 Å². The highest BCUT2D eigenvalue weighted by Gasteiger charge is 2.24. The van der Waals surface area contributed by atoms with Gasteiger partial charge in [-0.25, -0.2) is 0 Å². The molecule has 0 radical (unpaired) electrons. The van der Waals surface area contributed by atoms with E-state index in [1.165, 1.54) is 5.56 Å². The molecule has 1 aliphatic heterocycles. The van der Waals surface area contributed by atoms with Gasteiger partial charge in [-0.2, -0.15) is 0 Å². The number of amides is 1. The first-order valence-corrected chi connectivity index (χ1v) is 7.82. The number of hydrogen-bond acceptors (Lipinski definition) is 3. The predicted molar refractivity (Wildman–Crippen MR) is 88.7 cm³/mol. The molecule has 3 rings (SSSR count). The van der Waals surface area contributed by atoms with Crippen LogP contribution in [-0.4, -0.2) is 26.2 Å². The molecule has 1 aliphatic rings. The molecule has 5 heteroatoms. The maximum atomic E-state index is 12.4. The summed E-state index contributed by atoms with van der Waals surface area (Å²) >= 11 is 3.46. The zero-order valence-corrected chi connectivity index (χ0v) is 13.8. The van der Waals surface area contributed by atoms with E-state index in [0.29, 0.717) is 12.3 Å². The molecule has 0 saturated carbocycles. The van der Waals surface area contributed by atoms with E-state index in [1.54, 1.807) is 24.1 Å². The van der Waals surface area contributed by atoms with Gasteiger partial charge in [0.25, 0.3) is 5.91 Å². The Morgan fingerprint density at radius 3 is 2.64 bits per heavy atom. The van der Waals surface area contributed by atoms with Crippen LogP contribution < -0.4 is 14.4 Å². The average Bonchev–Trinajstić information content (AvgIpc) is 2.96. The summed E-state index contributed by atoms with van der Waals surface area (Å²) in [6.07, 6.45) is 0.878. The summed E-state index contributed by atoms with van der Waals surface area (Å²) in [6.45, 7) is 0.735. The third-order valence-corrected chi connectivity index (χ3v) is 4.15. The zero-order chi connectivity index (χ0) is 15.5. The van der Waals surface area contributed by atoms with E-state index < -0.39 is 0 Å². The number of carbonyl (C=O) groups is 1. The molecule has 2 aromatic rings. The van der Waals surface area contributed by atoms with Gasteiger partial charge in [0, 0.05) is 16.7 Å². The first-order valence-electron chi connectivity index (χ1n) is 7.03. The summed E-state index contributed by atoms with van der Waals surface area (Å²) in [5.74, 6) is 1.39. The maximum absolute atomic E-state index is 12.4. The Labute approximate surface area is 137 Å². The monoisotopic (exact) mass is 361 g/mol. The van der Waals surface area contributed by atoms with E-state index >= 15 is 0 Å². The predicted octanol–water partition coefficient (Wildman–Crippen LogP) is 3.43. The van der Waals surface area contributed by atoms with Crippen LogP contribution in [0.3, 0.4) is 0 Å². The van der Waals surface area contributed by atoms with Crippen molar-refractivity contribution in [2.75, 3.05) is 25.2 Å². The number of nitrogens with zero attached hydrogens (tertiary/aromatic N) is 1. The largest absolute Gasteiger partial charge is 0.497 e. The van der Waals surface area contributed by atoms with Crippen molar-refractivity contribution in [1.29, 1.82) is 0 Å². The molecule has 0 fully saturated rings. The molecule has 1 heterocycles. The molecule has 0 bridgehead atoms. The molecule has 0 atom stereocenters. The van der Waals surface area contributed by atoms with Crippen molar-refractivity contribution in [3.63, 3.8) is 0 Å². The molecule has 0 spiro atoms. The molecule has 0 N–H and O–H groups in total. The molecule has 0 unspecified atom stereocenters. The first-order chi connectivity index (χ1) is 10.7. The van der Waals surface area contributed by atoms with E-state index in [2.05, 4.69) is 22.0 Å². The van der Waals surface area contributed by atoms with E-state index in [4.69, 9.17) is 9.47 Å². The van der Waals surface area contributed by atoms with Crippen LogP contribution in [0.15, 0.2) is 46.9 Å². The second-order valence-electron chi connectivity index (χ2n) is 5.03. The quantitative estimate of drug-likeness (QED) is 0.837. The lowest BCUT2D eigenvalue weighted by molar-refractivity contribution is -0.120. The minimum Gasteiger partial charge on any atom is -0.497 e. The van der Waals surface area contributed by atoms with Crippen LogP contribution in [0.4, 0.5) is 5.69 Å². The van der Waals surface area contributed by atoms with Gasteiger partial charge >= 0.3 is 0 Å². The summed E-state index contributed by atoms with van der Waals surface area (Å²) in [6, 6.07) is 13.2. The number of rotatable bonds is 4. The Morgan fingerprint density at radius 1 is 1.18 bits per heavy atom. The van der Waals surface area contributed by atoms with Crippen molar-refractivity contribution in [1.82, 2.24) is 0 Å². The number of carbonyl (C=O) groups excluding carboxylic acids is 1.